The number of hydrogen-bond donors (Lipinski definition) is 2. The third-order valence-corrected chi connectivity index (χ3v) is 3.41. The zero-order valence-corrected chi connectivity index (χ0v) is 11.9. The first kappa shape index (κ1) is 12.5. The van der Waals surface area contributed by atoms with Gasteiger partial charge in [0.1, 0.15) is 11.3 Å². The van der Waals surface area contributed by atoms with Gasteiger partial charge < -0.3 is 14.7 Å². The average Bonchev–Trinajstić information content (AvgIpc) is 2.78. The normalized spacial score (nSPS) is 10.8. The van der Waals surface area contributed by atoms with Crippen LogP contribution in [0.2, 0.25) is 10.0 Å². The van der Waals surface area contributed by atoms with Crippen LogP contribution in [0.15, 0.2) is 36.4 Å². The number of H-pyrrole nitrogens is 2. The summed E-state index contributed by atoms with van der Waals surface area (Å²) in [4.78, 5) is 5.96. The van der Waals surface area contributed by atoms with Crippen LogP contribution < -0.4 is 4.74 Å². The molecule has 6 heteroatoms. The Hall–Kier alpha value is -1.49. The first-order valence-electron chi connectivity index (χ1n) is 5.48. The fraction of sp³-hybridized carbons (Fsp3) is 0. The number of aromatic amines is 2. The molecule has 2 aromatic carbocycles. The van der Waals surface area contributed by atoms with Crippen molar-refractivity contribution >= 4 is 46.5 Å². The van der Waals surface area contributed by atoms with Gasteiger partial charge in [-0.3, -0.25) is 0 Å². The average molecular weight is 311 g/mol. The van der Waals surface area contributed by atoms with Crippen molar-refractivity contribution in [1.29, 1.82) is 0 Å². The molecular formula is C13H8Cl2N2OS. The number of benzene rings is 2. The molecule has 0 amide bonds. The summed E-state index contributed by atoms with van der Waals surface area (Å²) in [5.74, 6) is 1.19. The molecule has 0 fully saturated rings. The Labute approximate surface area is 124 Å². The van der Waals surface area contributed by atoms with Gasteiger partial charge in [0.15, 0.2) is 10.5 Å². The summed E-state index contributed by atoms with van der Waals surface area (Å²) in [7, 11) is 0. The van der Waals surface area contributed by atoms with E-state index in [1.807, 2.05) is 30.3 Å². The summed E-state index contributed by atoms with van der Waals surface area (Å²) in [6, 6.07) is 11.0. The minimum Gasteiger partial charge on any atom is -0.454 e. The summed E-state index contributed by atoms with van der Waals surface area (Å²) in [5, 5.41) is 0.916. The molecule has 3 aromatic rings. The third-order valence-electron chi connectivity index (χ3n) is 2.63. The number of fused-ring (bicyclic) bond motifs is 1. The van der Waals surface area contributed by atoms with Crippen LogP contribution in [0.1, 0.15) is 0 Å². The SMILES string of the molecule is S=c1[nH]c2c(Cl)cc(Cl)c(Oc3ccccc3)c2[nH]1. The standard InChI is InChI=1S/C13H8Cl2N2OS/c14-8-6-9(15)12(11-10(8)16-13(19)17-11)18-7-4-2-1-3-5-7/h1-6H,(H2,16,17,19). The van der Waals surface area contributed by atoms with Crippen LogP contribution >= 0.6 is 35.4 Å². The molecule has 0 bridgehead atoms. The second-order valence-corrected chi connectivity index (χ2v) is 5.14. The molecule has 0 spiro atoms. The number of nitrogens with one attached hydrogen (secondary N) is 2. The Morgan fingerprint density at radius 2 is 1.63 bits per heavy atom. The van der Waals surface area contributed by atoms with Gasteiger partial charge in [-0.1, -0.05) is 41.4 Å². The van der Waals surface area contributed by atoms with E-state index in [0.717, 1.165) is 0 Å². The topological polar surface area (TPSA) is 40.8 Å². The van der Waals surface area contributed by atoms with E-state index in [-0.39, 0.29) is 0 Å². The van der Waals surface area contributed by atoms with Crippen molar-refractivity contribution in [2.45, 2.75) is 0 Å². The van der Waals surface area contributed by atoms with Crippen molar-refractivity contribution < 1.29 is 4.74 Å². The molecule has 0 aliphatic heterocycles. The summed E-state index contributed by atoms with van der Waals surface area (Å²) in [6.07, 6.45) is 0. The van der Waals surface area contributed by atoms with Crippen LogP contribution in [-0.4, -0.2) is 9.97 Å². The van der Waals surface area contributed by atoms with E-state index in [9.17, 15) is 0 Å². The first-order valence-corrected chi connectivity index (χ1v) is 6.64. The fourth-order valence-electron chi connectivity index (χ4n) is 1.81. The van der Waals surface area contributed by atoms with Gasteiger partial charge in [-0.2, -0.15) is 0 Å². The summed E-state index contributed by atoms with van der Waals surface area (Å²) in [5.41, 5.74) is 1.34. The molecule has 0 atom stereocenters. The van der Waals surface area contributed by atoms with Crippen LogP contribution in [0.4, 0.5) is 0 Å². The minimum absolute atomic E-state index is 0.423. The fourth-order valence-corrected chi connectivity index (χ4v) is 2.56. The Morgan fingerprint density at radius 1 is 0.947 bits per heavy atom. The molecule has 3 nitrogen and oxygen atoms in total. The van der Waals surface area contributed by atoms with Crippen molar-refractivity contribution in [3.05, 3.63) is 51.2 Å². The molecule has 0 unspecified atom stereocenters. The predicted octanol–water partition coefficient (Wildman–Crippen LogP) is 5.32. The minimum atomic E-state index is 0.423. The van der Waals surface area contributed by atoms with E-state index in [2.05, 4.69) is 9.97 Å². The first-order chi connectivity index (χ1) is 9.15. The Kier molecular flexibility index (Phi) is 3.22. The summed E-state index contributed by atoms with van der Waals surface area (Å²) >= 11 is 17.4. The van der Waals surface area contributed by atoms with Gasteiger partial charge in [0.2, 0.25) is 0 Å². The molecule has 0 saturated carbocycles. The molecule has 19 heavy (non-hydrogen) atoms. The highest BCUT2D eigenvalue weighted by Crippen LogP contribution is 2.38. The van der Waals surface area contributed by atoms with Crippen molar-refractivity contribution in [2.24, 2.45) is 0 Å². The molecule has 96 valence electrons. The predicted molar refractivity (Wildman–Crippen MR) is 80.0 cm³/mol. The highest BCUT2D eigenvalue weighted by molar-refractivity contribution is 7.71. The largest absolute Gasteiger partial charge is 0.454 e. The van der Waals surface area contributed by atoms with Crippen molar-refractivity contribution in [3.8, 4) is 11.5 Å². The van der Waals surface area contributed by atoms with Crippen LogP contribution in [-0.2, 0) is 0 Å². The molecule has 0 radical (unpaired) electrons. The maximum absolute atomic E-state index is 6.19. The van der Waals surface area contributed by atoms with Crippen LogP contribution in [0.3, 0.4) is 0 Å². The lowest BCUT2D eigenvalue weighted by Crippen LogP contribution is -1.87. The van der Waals surface area contributed by atoms with E-state index >= 15 is 0 Å². The van der Waals surface area contributed by atoms with Gasteiger partial charge in [-0.15, -0.1) is 0 Å². The van der Waals surface area contributed by atoms with E-state index in [0.29, 0.717) is 37.3 Å². The highest BCUT2D eigenvalue weighted by Gasteiger charge is 2.14. The highest BCUT2D eigenvalue weighted by atomic mass is 35.5. The second-order valence-electron chi connectivity index (χ2n) is 3.91. The van der Waals surface area contributed by atoms with Crippen LogP contribution in [0.5, 0.6) is 11.5 Å². The number of aromatic nitrogens is 2. The zero-order valence-electron chi connectivity index (χ0n) is 9.54. The Bertz CT molecular complexity index is 796. The van der Waals surface area contributed by atoms with E-state index in [1.165, 1.54) is 0 Å². The summed E-state index contributed by atoms with van der Waals surface area (Å²) < 4.78 is 6.27. The second kappa shape index (κ2) is 4.89. The monoisotopic (exact) mass is 310 g/mol. The molecular weight excluding hydrogens is 303 g/mol. The third kappa shape index (κ3) is 2.34. The van der Waals surface area contributed by atoms with E-state index in [4.69, 9.17) is 40.2 Å². The molecule has 3 rings (SSSR count). The lowest BCUT2D eigenvalue weighted by atomic mass is 10.3. The van der Waals surface area contributed by atoms with Gasteiger partial charge in [-0.25, -0.2) is 0 Å². The lowest BCUT2D eigenvalue weighted by Gasteiger charge is -2.09. The zero-order chi connectivity index (χ0) is 13.4. The molecule has 1 aromatic heterocycles. The number of halogens is 2. The van der Waals surface area contributed by atoms with Crippen molar-refractivity contribution in [3.63, 3.8) is 0 Å². The number of imidazole rings is 1. The molecule has 0 aliphatic carbocycles. The van der Waals surface area contributed by atoms with Gasteiger partial charge in [0, 0.05) is 0 Å². The van der Waals surface area contributed by atoms with E-state index < -0.39 is 0 Å². The van der Waals surface area contributed by atoms with Crippen LogP contribution in [0.25, 0.3) is 11.0 Å². The molecule has 2 N–H and O–H groups in total. The molecule has 1 heterocycles. The maximum Gasteiger partial charge on any atom is 0.175 e. The van der Waals surface area contributed by atoms with Crippen molar-refractivity contribution in [2.75, 3.05) is 0 Å². The van der Waals surface area contributed by atoms with Gasteiger partial charge in [0.05, 0.1) is 15.6 Å². The quantitative estimate of drug-likeness (QED) is 0.628. The Balaban J connectivity index is 2.20. The van der Waals surface area contributed by atoms with Crippen LogP contribution in [0, 0.1) is 4.77 Å². The van der Waals surface area contributed by atoms with Gasteiger partial charge in [-0.05, 0) is 30.4 Å². The van der Waals surface area contributed by atoms with E-state index in [1.54, 1.807) is 6.07 Å². The maximum atomic E-state index is 6.19. The Morgan fingerprint density at radius 3 is 2.37 bits per heavy atom. The number of ether oxygens (including phenoxy) is 1. The lowest BCUT2D eigenvalue weighted by molar-refractivity contribution is 0.487. The van der Waals surface area contributed by atoms with Gasteiger partial charge in [0.25, 0.3) is 0 Å². The number of hydrogen-bond acceptors (Lipinski definition) is 2. The number of para-hydroxylation sites is 1. The van der Waals surface area contributed by atoms with Gasteiger partial charge >= 0.3 is 0 Å². The molecule has 0 saturated heterocycles. The smallest absolute Gasteiger partial charge is 0.175 e. The van der Waals surface area contributed by atoms with Crippen molar-refractivity contribution in [1.82, 2.24) is 9.97 Å². The summed E-state index contributed by atoms with van der Waals surface area (Å²) in [6.45, 7) is 0. The number of rotatable bonds is 2. The molecule has 0 aliphatic rings.